The fraction of sp³-hybridized carbons (Fsp3) is 0.625. The highest BCUT2D eigenvalue weighted by Gasteiger charge is 2.27. The molecule has 0 bridgehead atoms. The van der Waals surface area contributed by atoms with Crippen molar-refractivity contribution < 1.29 is 9.84 Å². The third-order valence-electron chi connectivity index (χ3n) is 4.58. The summed E-state index contributed by atoms with van der Waals surface area (Å²) >= 11 is 0. The van der Waals surface area contributed by atoms with Crippen molar-refractivity contribution in [1.82, 2.24) is 9.80 Å². The standard InChI is InChI=1S/C16H24N2O2/c1-17-7-8-18(2)13(11-17)10-15(19)14-5-3-4-12-6-9-20-16(12)14/h3-5,13,15,19H,6-11H2,1-2H3. The van der Waals surface area contributed by atoms with Gasteiger partial charge in [-0.25, -0.2) is 0 Å². The van der Waals surface area contributed by atoms with Gasteiger partial charge in [0, 0.05) is 37.7 Å². The zero-order valence-electron chi connectivity index (χ0n) is 12.4. The first-order valence-electron chi connectivity index (χ1n) is 7.46. The second-order valence-electron chi connectivity index (χ2n) is 6.08. The van der Waals surface area contributed by atoms with Crippen LogP contribution in [-0.4, -0.2) is 61.3 Å². The number of benzene rings is 1. The van der Waals surface area contributed by atoms with Crippen molar-refractivity contribution in [3.63, 3.8) is 0 Å². The smallest absolute Gasteiger partial charge is 0.128 e. The molecule has 2 aliphatic heterocycles. The first kappa shape index (κ1) is 13.9. The molecular weight excluding hydrogens is 252 g/mol. The second kappa shape index (κ2) is 5.72. The van der Waals surface area contributed by atoms with Gasteiger partial charge in [0.1, 0.15) is 5.75 Å². The van der Waals surface area contributed by atoms with Gasteiger partial charge in [0.2, 0.25) is 0 Å². The molecule has 0 amide bonds. The SMILES string of the molecule is CN1CCN(C)C(CC(O)c2cccc3c2OCC3)C1. The Balaban J connectivity index is 1.73. The van der Waals surface area contributed by atoms with E-state index in [0.29, 0.717) is 6.04 Å². The molecule has 0 spiro atoms. The van der Waals surface area contributed by atoms with Gasteiger partial charge in [0.15, 0.2) is 0 Å². The van der Waals surface area contributed by atoms with Gasteiger partial charge in [0.05, 0.1) is 12.7 Å². The summed E-state index contributed by atoms with van der Waals surface area (Å²) in [4.78, 5) is 4.69. The lowest BCUT2D eigenvalue weighted by atomic mass is 9.97. The highest BCUT2D eigenvalue weighted by atomic mass is 16.5. The van der Waals surface area contributed by atoms with Crippen LogP contribution in [0.25, 0.3) is 0 Å². The fourth-order valence-electron chi connectivity index (χ4n) is 3.24. The number of rotatable bonds is 3. The van der Waals surface area contributed by atoms with Crippen LogP contribution in [0.2, 0.25) is 0 Å². The number of likely N-dealkylation sites (N-methyl/N-ethyl adjacent to an activating group) is 2. The summed E-state index contributed by atoms with van der Waals surface area (Å²) in [6.45, 7) is 3.93. The molecule has 0 radical (unpaired) electrons. The zero-order chi connectivity index (χ0) is 14.1. The number of hydrogen-bond acceptors (Lipinski definition) is 4. The Morgan fingerprint density at radius 2 is 2.20 bits per heavy atom. The minimum Gasteiger partial charge on any atom is -0.493 e. The van der Waals surface area contributed by atoms with Crippen molar-refractivity contribution in [3.8, 4) is 5.75 Å². The summed E-state index contributed by atoms with van der Waals surface area (Å²) < 4.78 is 5.70. The van der Waals surface area contributed by atoms with Crippen molar-refractivity contribution in [2.24, 2.45) is 0 Å². The summed E-state index contributed by atoms with van der Waals surface area (Å²) in [7, 11) is 4.30. The van der Waals surface area contributed by atoms with E-state index in [1.165, 1.54) is 5.56 Å². The number of hydrogen-bond donors (Lipinski definition) is 1. The minimum absolute atomic E-state index is 0.404. The summed E-state index contributed by atoms with van der Waals surface area (Å²) in [6.07, 6.45) is 1.28. The summed E-state index contributed by atoms with van der Waals surface area (Å²) in [5.74, 6) is 0.923. The van der Waals surface area contributed by atoms with E-state index in [0.717, 1.165) is 50.4 Å². The minimum atomic E-state index is -0.443. The summed E-state index contributed by atoms with van der Waals surface area (Å²) in [5, 5.41) is 10.6. The predicted octanol–water partition coefficient (Wildman–Crippen LogP) is 1.29. The van der Waals surface area contributed by atoms with Crippen molar-refractivity contribution in [2.45, 2.75) is 25.0 Å². The van der Waals surface area contributed by atoms with E-state index in [4.69, 9.17) is 4.74 Å². The Morgan fingerprint density at radius 3 is 3.05 bits per heavy atom. The third kappa shape index (κ3) is 2.68. The topological polar surface area (TPSA) is 35.9 Å². The Kier molecular flexibility index (Phi) is 3.96. The lowest BCUT2D eigenvalue weighted by Crippen LogP contribution is -2.50. The van der Waals surface area contributed by atoms with Crippen LogP contribution < -0.4 is 4.74 Å². The van der Waals surface area contributed by atoms with Crippen molar-refractivity contribution in [3.05, 3.63) is 29.3 Å². The molecule has 1 aromatic carbocycles. The van der Waals surface area contributed by atoms with E-state index in [9.17, 15) is 5.11 Å². The third-order valence-corrected chi connectivity index (χ3v) is 4.58. The molecule has 2 heterocycles. The Morgan fingerprint density at radius 1 is 1.35 bits per heavy atom. The molecule has 4 nitrogen and oxygen atoms in total. The van der Waals surface area contributed by atoms with Gasteiger partial charge in [0.25, 0.3) is 0 Å². The normalized spacial score (nSPS) is 25.2. The molecule has 0 aromatic heterocycles. The van der Waals surface area contributed by atoms with E-state index in [1.54, 1.807) is 0 Å². The number of aliphatic hydroxyl groups is 1. The maximum absolute atomic E-state index is 10.6. The van der Waals surface area contributed by atoms with Crippen LogP contribution in [0.5, 0.6) is 5.75 Å². The number of fused-ring (bicyclic) bond motifs is 1. The fourth-order valence-corrected chi connectivity index (χ4v) is 3.24. The Labute approximate surface area is 120 Å². The molecule has 0 saturated carbocycles. The van der Waals surface area contributed by atoms with Crippen molar-refractivity contribution in [1.29, 1.82) is 0 Å². The molecule has 2 aliphatic rings. The van der Waals surface area contributed by atoms with Crippen LogP contribution in [0.3, 0.4) is 0 Å². The van der Waals surface area contributed by atoms with Crippen LogP contribution in [0.1, 0.15) is 23.7 Å². The van der Waals surface area contributed by atoms with Gasteiger partial charge in [-0.2, -0.15) is 0 Å². The first-order chi connectivity index (χ1) is 9.65. The molecule has 2 unspecified atom stereocenters. The van der Waals surface area contributed by atoms with E-state index in [2.05, 4.69) is 30.0 Å². The maximum Gasteiger partial charge on any atom is 0.128 e. The lowest BCUT2D eigenvalue weighted by Gasteiger charge is -2.38. The quantitative estimate of drug-likeness (QED) is 0.902. The number of nitrogens with zero attached hydrogens (tertiary/aromatic N) is 2. The molecule has 20 heavy (non-hydrogen) atoms. The molecule has 0 aliphatic carbocycles. The highest BCUT2D eigenvalue weighted by molar-refractivity contribution is 5.45. The lowest BCUT2D eigenvalue weighted by molar-refractivity contribution is 0.0625. The molecule has 1 aromatic rings. The number of ether oxygens (including phenoxy) is 1. The molecule has 3 rings (SSSR count). The average Bonchev–Trinajstić information content (AvgIpc) is 2.91. The Hall–Kier alpha value is -1.10. The molecule has 4 heteroatoms. The van der Waals surface area contributed by atoms with Gasteiger partial charge in [-0.1, -0.05) is 18.2 Å². The predicted molar refractivity (Wildman–Crippen MR) is 79.1 cm³/mol. The van der Waals surface area contributed by atoms with Crippen LogP contribution in [0, 0.1) is 0 Å². The monoisotopic (exact) mass is 276 g/mol. The molecule has 1 fully saturated rings. The number of aliphatic hydroxyl groups excluding tert-OH is 1. The Bertz CT molecular complexity index is 478. The summed E-state index contributed by atoms with van der Waals surface area (Å²) in [5.41, 5.74) is 2.19. The van der Waals surface area contributed by atoms with E-state index in [-0.39, 0.29) is 0 Å². The van der Waals surface area contributed by atoms with E-state index in [1.807, 2.05) is 12.1 Å². The largest absolute Gasteiger partial charge is 0.493 e. The second-order valence-corrected chi connectivity index (χ2v) is 6.08. The van der Waals surface area contributed by atoms with Gasteiger partial charge in [-0.15, -0.1) is 0 Å². The summed E-state index contributed by atoms with van der Waals surface area (Å²) in [6, 6.07) is 6.53. The van der Waals surface area contributed by atoms with Gasteiger partial charge >= 0.3 is 0 Å². The zero-order valence-corrected chi connectivity index (χ0v) is 12.4. The van der Waals surface area contributed by atoms with Crippen molar-refractivity contribution in [2.75, 3.05) is 40.3 Å². The molecule has 1 saturated heterocycles. The number of para-hydroxylation sites is 1. The van der Waals surface area contributed by atoms with Gasteiger partial charge in [-0.3, -0.25) is 0 Å². The van der Waals surface area contributed by atoms with Crippen LogP contribution in [0.15, 0.2) is 18.2 Å². The maximum atomic E-state index is 10.6. The molecule has 110 valence electrons. The molecule has 1 N–H and O–H groups in total. The highest BCUT2D eigenvalue weighted by Crippen LogP contribution is 2.35. The van der Waals surface area contributed by atoms with Crippen LogP contribution in [0.4, 0.5) is 0 Å². The van der Waals surface area contributed by atoms with Gasteiger partial charge in [-0.05, 0) is 26.1 Å². The molecule has 2 atom stereocenters. The van der Waals surface area contributed by atoms with Gasteiger partial charge < -0.3 is 19.6 Å². The van der Waals surface area contributed by atoms with Crippen LogP contribution in [-0.2, 0) is 6.42 Å². The van der Waals surface area contributed by atoms with E-state index < -0.39 is 6.10 Å². The van der Waals surface area contributed by atoms with Crippen LogP contribution >= 0.6 is 0 Å². The number of piperazine rings is 1. The molecular formula is C16H24N2O2. The average molecular weight is 276 g/mol. The first-order valence-corrected chi connectivity index (χ1v) is 7.46. The van der Waals surface area contributed by atoms with E-state index >= 15 is 0 Å². The van der Waals surface area contributed by atoms with Crippen molar-refractivity contribution >= 4 is 0 Å².